The van der Waals surface area contributed by atoms with E-state index in [1.165, 1.54) is 6.42 Å². The summed E-state index contributed by atoms with van der Waals surface area (Å²) in [6.45, 7) is 8.82. The number of urea groups is 1. The van der Waals surface area contributed by atoms with Crippen LogP contribution in [0.2, 0.25) is 0 Å². The van der Waals surface area contributed by atoms with Crippen LogP contribution < -0.4 is 10.6 Å². The molecule has 134 valence electrons. The normalized spacial score (nSPS) is 22.7. The molecule has 3 rings (SSSR count). The monoisotopic (exact) mass is 336 g/mol. The number of hydrogen-bond acceptors (Lipinski definition) is 5. The van der Waals surface area contributed by atoms with E-state index in [4.69, 9.17) is 9.26 Å². The van der Waals surface area contributed by atoms with Crippen molar-refractivity contribution < 1.29 is 14.1 Å². The van der Waals surface area contributed by atoms with Gasteiger partial charge in [-0.25, -0.2) is 4.79 Å². The molecule has 2 fully saturated rings. The summed E-state index contributed by atoms with van der Waals surface area (Å²) in [4.78, 5) is 14.7. The van der Waals surface area contributed by atoms with Crippen molar-refractivity contribution in [2.75, 3.05) is 38.2 Å². The van der Waals surface area contributed by atoms with E-state index in [1.807, 2.05) is 13.8 Å². The van der Waals surface area contributed by atoms with Crippen LogP contribution in [0.3, 0.4) is 0 Å². The molecule has 1 aromatic heterocycles. The average Bonchev–Trinajstić information content (AvgIpc) is 3.20. The van der Waals surface area contributed by atoms with E-state index in [-0.39, 0.29) is 12.1 Å². The van der Waals surface area contributed by atoms with Crippen LogP contribution in [0.25, 0.3) is 0 Å². The molecule has 2 N–H and O–H groups in total. The lowest BCUT2D eigenvalue weighted by molar-refractivity contribution is 0.148. The molecule has 0 aliphatic carbocycles. The quantitative estimate of drug-likeness (QED) is 0.861. The molecule has 2 amide bonds. The number of aryl methyl sites for hydroxylation is 2. The van der Waals surface area contributed by atoms with Gasteiger partial charge in [-0.3, -0.25) is 0 Å². The molecule has 0 aromatic carbocycles. The maximum atomic E-state index is 12.2. The van der Waals surface area contributed by atoms with E-state index in [9.17, 15) is 4.79 Å². The van der Waals surface area contributed by atoms with Crippen molar-refractivity contribution in [2.24, 2.45) is 5.92 Å². The fourth-order valence-corrected chi connectivity index (χ4v) is 3.51. The number of anilines is 1. The van der Waals surface area contributed by atoms with E-state index in [0.717, 1.165) is 57.1 Å². The fourth-order valence-electron chi connectivity index (χ4n) is 3.51. The van der Waals surface area contributed by atoms with Gasteiger partial charge in [0.1, 0.15) is 11.4 Å². The summed E-state index contributed by atoms with van der Waals surface area (Å²) in [7, 11) is 0. The second-order valence-corrected chi connectivity index (χ2v) is 6.82. The number of amides is 2. The number of piperidine rings is 1. The highest BCUT2D eigenvalue weighted by Crippen LogP contribution is 2.21. The van der Waals surface area contributed by atoms with Crippen LogP contribution in [0.5, 0.6) is 0 Å². The van der Waals surface area contributed by atoms with Gasteiger partial charge < -0.3 is 24.8 Å². The lowest BCUT2D eigenvalue weighted by Gasteiger charge is -2.33. The van der Waals surface area contributed by atoms with E-state index in [1.54, 1.807) is 0 Å². The molecule has 1 unspecified atom stereocenters. The molecule has 1 aromatic rings. The van der Waals surface area contributed by atoms with Crippen molar-refractivity contribution >= 4 is 11.7 Å². The van der Waals surface area contributed by atoms with Gasteiger partial charge in [-0.1, -0.05) is 12.1 Å². The molecule has 0 bridgehead atoms. The Morgan fingerprint density at radius 1 is 1.33 bits per heavy atom. The molecule has 0 spiro atoms. The summed E-state index contributed by atoms with van der Waals surface area (Å²) in [5.41, 5.74) is 1.42. The van der Waals surface area contributed by atoms with Gasteiger partial charge in [0.15, 0.2) is 5.76 Å². The third kappa shape index (κ3) is 4.27. The lowest BCUT2D eigenvalue weighted by Crippen LogP contribution is -2.47. The summed E-state index contributed by atoms with van der Waals surface area (Å²) in [6.07, 6.45) is 3.87. The predicted octanol–water partition coefficient (Wildman–Crippen LogP) is 2.17. The van der Waals surface area contributed by atoms with Crippen LogP contribution in [0.4, 0.5) is 10.5 Å². The third-order valence-electron chi connectivity index (χ3n) is 4.96. The maximum absolute atomic E-state index is 12.2. The Morgan fingerprint density at radius 3 is 2.79 bits per heavy atom. The maximum Gasteiger partial charge on any atom is 0.319 e. The van der Waals surface area contributed by atoms with Crippen LogP contribution >= 0.6 is 0 Å². The first-order chi connectivity index (χ1) is 11.7. The van der Waals surface area contributed by atoms with E-state index >= 15 is 0 Å². The molecule has 1 atom stereocenters. The van der Waals surface area contributed by atoms with Gasteiger partial charge >= 0.3 is 6.03 Å². The molecular weight excluding hydrogens is 308 g/mol. The minimum Gasteiger partial charge on any atom is -0.381 e. The fraction of sp³-hybridized carbons (Fsp3) is 0.765. The smallest absolute Gasteiger partial charge is 0.319 e. The first kappa shape index (κ1) is 17.2. The van der Waals surface area contributed by atoms with Gasteiger partial charge in [0, 0.05) is 38.7 Å². The Bertz CT molecular complexity index is 546. The summed E-state index contributed by atoms with van der Waals surface area (Å²) in [5, 5.41) is 9.88. The number of carbonyl (C=O) groups excluding carboxylic acids is 1. The van der Waals surface area contributed by atoms with Gasteiger partial charge in [0.05, 0.1) is 6.61 Å². The van der Waals surface area contributed by atoms with Gasteiger partial charge in [-0.2, -0.15) is 0 Å². The molecule has 0 radical (unpaired) electrons. The van der Waals surface area contributed by atoms with Gasteiger partial charge in [0.2, 0.25) is 0 Å². The number of aromatic nitrogens is 1. The van der Waals surface area contributed by atoms with Crippen LogP contribution in [0, 0.1) is 12.8 Å². The zero-order chi connectivity index (χ0) is 16.9. The zero-order valence-electron chi connectivity index (χ0n) is 14.6. The first-order valence-corrected chi connectivity index (χ1v) is 8.98. The van der Waals surface area contributed by atoms with Crippen molar-refractivity contribution in [3.05, 3.63) is 11.5 Å². The van der Waals surface area contributed by atoms with Crippen molar-refractivity contribution in [3.8, 4) is 0 Å². The minimum absolute atomic E-state index is 0.168. The number of hydrogen-bond donors (Lipinski definition) is 2. The van der Waals surface area contributed by atoms with Crippen LogP contribution in [-0.2, 0) is 11.2 Å². The van der Waals surface area contributed by atoms with E-state index in [0.29, 0.717) is 18.0 Å². The molecule has 24 heavy (non-hydrogen) atoms. The topological polar surface area (TPSA) is 79.6 Å². The SMILES string of the molecule is CCc1onc(C)c1NC(=O)NC1CCN(CC2CCOC2)CC1. The van der Waals surface area contributed by atoms with Gasteiger partial charge in [0.25, 0.3) is 0 Å². The predicted molar refractivity (Wildman–Crippen MR) is 91.2 cm³/mol. The van der Waals surface area contributed by atoms with Gasteiger partial charge in [-0.05, 0) is 32.1 Å². The zero-order valence-corrected chi connectivity index (χ0v) is 14.6. The van der Waals surface area contributed by atoms with Crippen LogP contribution in [0.1, 0.15) is 37.6 Å². The van der Waals surface area contributed by atoms with Crippen LogP contribution in [0.15, 0.2) is 4.52 Å². The van der Waals surface area contributed by atoms with E-state index < -0.39 is 0 Å². The summed E-state index contributed by atoms with van der Waals surface area (Å²) < 4.78 is 10.6. The number of ether oxygens (including phenoxy) is 1. The Morgan fingerprint density at radius 2 is 2.12 bits per heavy atom. The summed E-state index contributed by atoms with van der Waals surface area (Å²) in [6, 6.07) is 0.0602. The number of carbonyl (C=O) groups is 1. The summed E-state index contributed by atoms with van der Waals surface area (Å²) >= 11 is 0. The number of likely N-dealkylation sites (tertiary alicyclic amines) is 1. The number of rotatable bonds is 5. The molecule has 0 saturated carbocycles. The Balaban J connectivity index is 1.42. The van der Waals surface area contributed by atoms with Crippen molar-refractivity contribution in [1.82, 2.24) is 15.4 Å². The molecule has 2 aliphatic heterocycles. The molecule has 3 heterocycles. The Kier molecular flexibility index (Phi) is 5.73. The second-order valence-electron chi connectivity index (χ2n) is 6.82. The van der Waals surface area contributed by atoms with Crippen LogP contribution in [-0.4, -0.2) is 55.0 Å². The highest BCUT2D eigenvalue weighted by Gasteiger charge is 2.25. The number of nitrogens with zero attached hydrogens (tertiary/aromatic N) is 2. The third-order valence-corrected chi connectivity index (χ3v) is 4.96. The average molecular weight is 336 g/mol. The molecule has 7 heteroatoms. The van der Waals surface area contributed by atoms with Gasteiger partial charge in [-0.15, -0.1) is 0 Å². The van der Waals surface area contributed by atoms with Crippen molar-refractivity contribution in [2.45, 2.75) is 45.6 Å². The summed E-state index contributed by atoms with van der Waals surface area (Å²) in [5.74, 6) is 1.40. The molecular formula is C17H28N4O3. The molecule has 2 saturated heterocycles. The lowest BCUT2D eigenvalue weighted by atomic mass is 10.0. The van der Waals surface area contributed by atoms with Crippen molar-refractivity contribution in [3.63, 3.8) is 0 Å². The van der Waals surface area contributed by atoms with E-state index in [2.05, 4.69) is 20.7 Å². The standard InChI is InChI=1S/C17H28N4O3/c1-3-15-16(12(2)20-24-15)19-17(22)18-14-4-7-21(8-5-14)10-13-6-9-23-11-13/h13-14H,3-11H2,1-2H3,(H2,18,19,22). The minimum atomic E-state index is -0.168. The Hall–Kier alpha value is -1.60. The highest BCUT2D eigenvalue weighted by atomic mass is 16.5. The molecule has 7 nitrogen and oxygen atoms in total. The Labute approximate surface area is 143 Å². The first-order valence-electron chi connectivity index (χ1n) is 8.98. The largest absolute Gasteiger partial charge is 0.381 e. The second kappa shape index (κ2) is 7.98. The molecule has 2 aliphatic rings. The number of nitrogens with one attached hydrogen (secondary N) is 2. The van der Waals surface area contributed by atoms with Crippen molar-refractivity contribution in [1.29, 1.82) is 0 Å². The highest BCUT2D eigenvalue weighted by molar-refractivity contribution is 5.90.